The highest BCUT2D eigenvalue weighted by Gasteiger charge is 2.12. The van der Waals surface area contributed by atoms with Gasteiger partial charge in [-0.25, -0.2) is 0 Å². The normalized spacial score (nSPS) is 10.3. The molecule has 0 spiro atoms. The second kappa shape index (κ2) is 5.33. The Labute approximate surface area is 117 Å². The topological polar surface area (TPSA) is 59.1 Å². The van der Waals surface area contributed by atoms with Crippen molar-refractivity contribution >= 4 is 17.4 Å². The average Bonchev–Trinajstić information content (AvgIpc) is 2.35. The Morgan fingerprint density at radius 1 is 1.21 bits per heavy atom. The van der Waals surface area contributed by atoms with E-state index in [0.29, 0.717) is 22.1 Å². The first kappa shape index (κ1) is 13.4. The van der Waals surface area contributed by atoms with E-state index < -0.39 is 0 Å². The van der Waals surface area contributed by atoms with Crippen molar-refractivity contribution in [1.29, 1.82) is 5.41 Å². The second-order valence-corrected chi connectivity index (χ2v) is 4.81. The van der Waals surface area contributed by atoms with Crippen LogP contribution in [0.25, 0.3) is 0 Å². The van der Waals surface area contributed by atoms with Gasteiger partial charge < -0.3 is 10.5 Å². The summed E-state index contributed by atoms with van der Waals surface area (Å²) in [6, 6.07) is 11.1. The fraction of sp³-hybridized carbons (Fsp3) is 0.133. The first-order chi connectivity index (χ1) is 8.99. The summed E-state index contributed by atoms with van der Waals surface area (Å²) in [6.07, 6.45) is 0. The number of aryl methyl sites for hydroxylation is 2. The van der Waals surface area contributed by atoms with Gasteiger partial charge in [0.15, 0.2) is 0 Å². The van der Waals surface area contributed by atoms with E-state index in [1.807, 2.05) is 38.1 Å². The Morgan fingerprint density at radius 3 is 2.63 bits per heavy atom. The minimum Gasteiger partial charge on any atom is -0.455 e. The molecule has 0 bridgehead atoms. The van der Waals surface area contributed by atoms with Gasteiger partial charge in [-0.1, -0.05) is 29.8 Å². The highest BCUT2D eigenvalue weighted by molar-refractivity contribution is 6.32. The summed E-state index contributed by atoms with van der Waals surface area (Å²) in [5.74, 6) is 1.11. The minimum absolute atomic E-state index is 0.0255. The fourth-order valence-electron chi connectivity index (χ4n) is 1.80. The third-order valence-corrected chi connectivity index (χ3v) is 3.11. The SMILES string of the molecule is Cc1ccc(Cl)c(Oc2c(C)cccc2C(=N)N)c1. The summed E-state index contributed by atoms with van der Waals surface area (Å²) in [5.41, 5.74) is 8.10. The molecule has 2 aromatic carbocycles. The van der Waals surface area contributed by atoms with Crippen LogP contribution in [0.5, 0.6) is 11.5 Å². The van der Waals surface area contributed by atoms with Gasteiger partial charge in [0, 0.05) is 0 Å². The number of hydrogen-bond donors (Lipinski definition) is 2. The molecule has 3 nitrogen and oxygen atoms in total. The molecule has 0 saturated heterocycles. The number of benzene rings is 2. The van der Waals surface area contributed by atoms with Gasteiger partial charge in [0.2, 0.25) is 0 Å². The van der Waals surface area contributed by atoms with Crippen LogP contribution in [0, 0.1) is 19.3 Å². The van der Waals surface area contributed by atoms with Crippen molar-refractivity contribution in [3.63, 3.8) is 0 Å². The molecule has 0 aliphatic carbocycles. The number of nitrogens with two attached hydrogens (primary N) is 1. The van der Waals surface area contributed by atoms with Gasteiger partial charge in [-0.05, 0) is 43.2 Å². The molecular formula is C15H15ClN2O. The lowest BCUT2D eigenvalue weighted by atomic mass is 10.1. The number of halogens is 1. The Kier molecular flexibility index (Phi) is 3.76. The molecule has 3 N–H and O–H groups in total. The van der Waals surface area contributed by atoms with E-state index in [2.05, 4.69) is 0 Å². The minimum atomic E-state index is -0.0255. The van der Waals surface area contributed by atoms with Crippen LogP contribution >= 0.6 is 11.6 Å². The van der Waals surface area contributed by atoms with Crippen LogP contribution in [0.4, 0.5) is 0 Å². The molecule has 2 aromatic rings. The zero-order valence-electron chi connectivity index (χ0n) is 10.8. The lowest BCUT2D eigenvalue weighted by Crippen LogP contribution is -2.12. The zero-order valence-corrected chi connectivity index (χ0v) is 11.6. The van der Waals surface area contributed by atoms with Crippen LogP contribution in [0.2, 0.25) is 5.02 Å². The van der Waals surface area contributed by atoms with Crippen molar-refractivity contribution in [2.24, 2.45) is 5.73 Å². The number of ether oxygens (including phenoxy) is 1. The maximum Gasteiger partial charge on any atom is 0.146 e. The van der Waals surface area contributed by atoms with Gasteiger partial charge in [0.25, 0.3) is 0 Å². The summed E-state index contributed by atoms with van der Waals surface area (Å²) in [7, 11) is 0. The molecule has 0 aliphatic rings. The van der Waals surface area contributed by atoms with Crippen molar-refractivity contribution in [1.82, 2.24) is 0 Å². The number of rotatable bonds is 3. The van der Waals surface area contributed by atoms with Crippen molar-refractivity contribution in [2.75, 3.05) is 0 Å². The van der Waals surface area contributed by atoms with Gasteiger partial charge in [0.1, 0.15) is 17.3 Å². The molecule has 4 heteroatoms. The third kappa shape index (κ3) is 2.88. The van der Waals surface area contributed by atoms with Gasteiger partial charge in [-0.15, -0.1) is 0 Å². The standard InChI is InChI=1S/C15H15ClN2O/c1-9-6-7-12(16)13(8-9)19-14-10(2)4-3-5-11(14)15(17)18/h3-8H,1-2H3,(H3,17,18). The molecule has 0 atom stereocenters. The molecule has 0 amide bonds. The molecule has 0 fully saturated rings. The maximum absolute atomic E-state index is 7.60. The van der Waals surface area contributed by atoms with E-state index in [9.17, 15) is 0 Å². The van der Waals surface area contributed by atoms with E-state index in [1.165, 1.54) is 0 Å². The van der Waals surface area contributed by atoms with Gasteiger partial charge in [-0.3, -0.25) is 5.41 Å². The molecule has 0 heterocycles. The van der Waals surface area contributed by atoms with Crippen molar-refractivity contribution in [3.05, 3.63) is 58.1 Å². The van der Waals surface area contributed by atoms with Gasteiger partial charge in [0.05, 0.1) is 10.6 Å². The largest absolute Gasteiger partial charge is 0.455 e. The monoisotopic (exact) mass is 274 g/mol. The Balaban J connectivity index is 2.49. The molecule has 2 rings (SSSR count). The molecule has 19 heavy (non-hydrogen) atoms. The third-order valence-electron chi connectivity index (χ3n) is 2.80. The van der Waals surface area contributed by atoms with E-state index in [-0.39, 0.29) is 5.84 Å². The highest BCUT2D eigenvalue weighted by atomic mass is 35.5. The summed E-state index contributed by atoms with van der Waals surface area (Å²) in [4.78, 5) is 0. The van der Waals surface area contributed by atoms with E-state index in [0.717, 1.165) is 11.1 Å². The lowest BCUT2D eigenvalue weighted by Gasteiger charge is -2.14. The number of nitrogen functional groups attached to an aromatic ring is 1. The quantitative estimate of drug-likeness (QED) is 0.656. The molecule has 98 valence electrons. The van der Waals surface area contributed by atoms with E-state index >= 15 is 0 Å². The average molecular weight is 275 g/mol. The molecule has 0 unspecified atom stereocenters. The van der Waals surface area contributed by atoms with Crippen molar-refractivity contribution in [3.8, 4) is 11.5 Å². The summed E-state index contributed by atoms with van der Waals surface area (Å²) < 4.78 is 5.86. The first-order valence-corrected chi connectivity index (χ1v) is 6.25. The van der Waals surface area contributed by atoms with E-state index in [1.54, 1.807) is 12.1 Å². The number of para-hydroxylation sites is 1. The zero-order chi connectivity index (χ0) is 14.0. The molecular weight excluding hydrogens is 260 g/mol. The van der Waals surface area contributed by atoms with Crippen LogP contribution in [0.15, 0.2) is 36.4 Å². The summed E-state index contributed by atoms with van der Waals surface area (Å²) >= 11 is 6.12. The lowest BCUT2D eigenvalue weighted by molar-refractivity contribution is 0.477. The smallest absolute Gasteiger partial charge is 0.146 e. The summed E-state index contributed by atoms with van der Waals surface area (Å²) in [5, 5.41) is 8.13. The first-order valence-electron chi connectivity index (χ1n) is 5.87. The molecule has 0 aromatic heterocycles. The Morgan fingerprint density at radius 2 is 1.95 bits per heavy atom. The number of amidine groups is 1. The van der Waals surface area contributed by atoms with Crippen LogP contribution < -0.4 is 10.5 Å². The predicted molar refractivity (Wildman–Crippen MR) is 78.5 cm³/mol. The Bertz CT molecular complexity index is 638. The van der Waals surface area contributed by atoms with E-state index in [4.69, 9.17) is 27.5 Å². The highest BCUT2D eigenvalue weighted by Crippen LogP contribution is 2.33. The van der Waals surface area contributed by atoms with Gasteiger partial charge >= 0.3 is 0 Å². The van der Waals surface area contributed by atoms with Crippen LogP contribution in [-0.4, -0.2) is 5.84 Å². The van der Waals surface area contributed by atoms with Crippen molar-refractivity contribution < 1.29 is 4.74 Å². The van der Waals surface area contributed by atoms with Gasteiger partial charge in [-0.2, -0.15) is 0 Å². The fourth-order valence-corrected chi connectivity index (χ4v) is 1.95. The molecule has 0 saturated carbocycles. The summed E-state index contributed by atoms with van der Waals surface area (Å²) in [6.45, 7) is 3.87. The number of hydrogen-bond acceptors (Lipinski definition) is 2. The Hall–Kier alpha value is -2.00. The van der Waals surface area contributed by atoms with Crippen molar-refractivity contribution in [2.45, 2.75) is 13.8 Å². The number of nitrogens with one attached hydrogen (secondary N) is 1. The maximum atomic E-state index is 7.60. The van der Waals surface area contributed by atoms with Crippen LogP contribution in [0.1, 0.15) is 16.7 Å². The second-order valence-electron chi connectivity index (χ2n) is 4.40. The van der Waals surface area contributed by atoms with Crippen LogP contribution in [0.3, 0.4) is 0 Å². The molecule has 0 radical (unpaired) electrons. The predicted octanol–water partition coefficient (Wildman–Crippen LogP) is 4.03. The van der Waals surface area contributed by atoms with Crippen LogP contribution in [-0.2, 0) is 0 Å². The molecule has 0 aliphatic heterocycles.